The molecule has 0 N–H and O–H groups in total. The number of nitrogens with zero attached hydrogens (tertiary/aromatic N) is 5. The fraction of sp³-hybridized carbons (Fsp3) is 0. The van der Waals surface area contributed by atoms with Gasteiger partial charge in [0.1, 0.15) is 33.5 Å². The highest BCUT2D eigenvalue weighted by Crippen LogP contribution is 2.44. The summed E-state index contributed by atoms with van der Waals surface area (Å²) in [5, 5.41) is 14.5. The third-order valence-corrected chi connectivity index (χ3v) is 19.7. The van der Waals surface area contributed by atoms with Crippen LogP contribution in [0.5, 0.6) is 0 Å². The van der Waals surface area contributed by atoms with E-state index in [1.165, 1.54) is 21.5 Å². The minimum atomic E-state index is 0.577. The fourth-order valence-electron chi connectivity index (χ4n) is 15.3. The molecule has 0 aliphatic rings. The first-order valence-corrected chi connectivity index (χ1v) is 31.8. The van der Waals surface area contributed by atoms with E-state index in [1.54, 1.807) is 0 Å². The van der Waals surface area contributed by atoms with Gasteiger partial charge in [-0.25, -0.2) is 9.97 Å². The molecule has 21 rings (SSSR count). The van der Waals surface area contributed by atoms with E-state index in [4.69, 9.17) is 23.2 Å². The Labute approximate surface area is 535 Å². The molecule has 21 aromatic rings. The summed E-state index contributed by atoms with van der Waals surface area (Å²) in [7, 11) is 0. The number of fused-ring (bicyclic) bond motifs is 19. The molecule has 0 unspecified atom stereocenters. The lowest BCUT2D eigenvalue weighted by molar-refractivity contribution is 0.668. The van der Waals surface area contributed by atoms with Gasteiger partial charge in [-0.05, 0) is 155 Å². The van der Waals surface area contributed by atoms with E-state index < -0.39 is 0 Å². The van der Waals surface area contributed by atoms with Crippen molar-refractivity contribution in [1.29, 1.82) is 0 Å². The predicted octanol–water partition coefficient (Wildman–Crippen LogP) is 23.3. The molecule has 7 aromatic heterocycles. The van der Waals surface area contributed by atoms with Crippen molar-refractivity contribution in [3.05, 3.63) is 297 Å². The Hall–Kier alpha value is -12.8. The highest BCUT2D eigenvalue weighted by Gasteiger charge is 2.23. The third kappa shape index (κ3) is 7.50. The lowest BCUT2D eigenvalue weighted by Crippen LogP contribution is -2.04. The zero-order valence-corrected chi connectivity index (χ0v) is 50.3. The Morgan fingerprint density at radius 1 is 0.202 bits per heavy atom. The molecule has 0 aliphatic carbocycles. The largest absolute Gasteiger partial charge is 0.456 e. The summed E-state index contributed by atoms with van der Waals surface area (Å²) >= 11 is 0. The summed E-state index contributed by atoms with van der Waals surface area (Å²) in [6.07, 6.45) is 0. The zero-order valence-electron chi connectivity index (χ0n) is 50.3. The number of hydrogen-bond acceptors (Lipinski definition) is 5. The standard InChI is InChI=1S/C86H49N5O3/c1-7-22-73-59(16-1)62-35-28-53(50-31-39-82-68(43-50)65-19-4-10-25-79(65)92-82)46-76(62)89(73)57-15-13-14-56(42-57)85-71-49-58(90-74-23-8-2-17-60(74)63-36-29-54(47-77(63)90)51-32-40-83-69(44-51)66-20-5-11-26-80(66)93-83)34-38-72(71)87-86(88-85)91-75-24-9-3-18-61(75)64-37-30-55(48-78(64)91)52-33-41-84-70(45-52)67-21-6-12-27-81(67)94-84/h1-49H. The van der Waals surface area contributed by atoms with Crippen LogP contribution < -0.4 is 0 Å². The number of hydrogen-bond donors (Lipinski definition) is 0. The Kier molecular flexibility index (Phi) is 10.5. The minimum absolute atomic E-state index is 0.577. The number of aromatic nitrogens is 5. The van der Waals surface area contributed by atoms with Crippen LogP contribution in [0.3, 0.4) is 0 Å². The molecule has 436 valence electrons. The van der Waals surface area contributed by atoms with Crippen LogP contribution in [0, 0.1) is 0 Å². The quantitative estimate of drug-likeness (QED) is 0.159. The maximum Gasteiger partial charge on any atom is 0.235 e. The molecule has 0 aliphatic heterocycles. The van der Waals surface area contributed by atoms with Crippen LogP contribution in [0.25, 0.3) is 204 Å². The van der Waals surface area contributed by atoms with E-state index in [9.17, 15) is 0 Å². The van der Waals surface area contributed by atoms with Gasteiger partial charge in [0.15, 0.2) is 0 Å². The van der Waals surface area contributed by atoms with Crippen LogP contribution in [-0.2, 0) is 0 Å². The minimum Gasteiger partial charge on any atom is -0.456 e. The first kappa shape index (κ1) is 51.0. The Morgan fingerprint density at radius 3 is 1.03 bits per heavy atom. The number of furan rings is 3. The van der Waals surface area contributed by atoms with Crippen LogP contribution in [-0.4, -0.2) is 23.7 Å². The molecule has 0 saturated carbocycles. The van der Waals surface area contributed by atoms with E-state index in [0.717, 1.165) is 177 Å². The Bertz CT molecular complexity index is 6820. The second-order valence-electron chi connectivity index (χ2n) is 24.8. The summed E-state index contributed by atoms with van der Waals surface area (Å²) in [5.41, 5.74) is 23.0. The van der Waals surface area contributed by atoms with Crippen LogP contribution in [0.2, 0.25) is 0 Å². The third-order valence-electron chi connectivity index (χ3n) is 19.7. The van der Waals surface area contributed by atoms with Crippen molar-refractivity contribution in [3.8, 4) is 62.0 Å². The molecule has 0 radical (unpaired) electrons. The highest BCUT2D eigenvalue weighted by molar-refractivity contribution is 6.15. The van der Waals surface area contributed by atoms with Gasteiger partial charge in [0.05, 0.1) is 44.3 Å². The van der Waals surface area contributed by atoms with Crippen molar-refractivity contribution in [1.82, 2.24) is 23.7 Å². The van der Waals surface area contributed by atoms with Gasteiger partial charge >= 0.3 is 0 Å². The second kappa shape index (κ2) is 19.4. The van der Waals surface area contributed by atoms with Gasteiger partial charge in [0.2, 0.25) is 5.95 Å². The molecule has 0 spiro atoms. The van der Waals surface area contributed by atoms with Crippen molar-refractivity contribution in [2.45, 2.75) is 0 Å². The van der Waals surface area contributed by atoms with E-state index in [2.05, 4.69) is 275 Å². The molecule has 7 heterocycles. The van der Waals surface area contributed by atoms with Crippen molar-refractivity contribution >= 4 is 142 Å². The molecule has 14 aromatic carbocycles. The van der Waals surface area contributed by atoms with Crippen LogP contribution in [0.4, 0.5) is 0 Å². The van der Waals surface area contributed by atoms with Crippen molar-refractivity contribution < 1.29 is 13.3 Å². The lowest BCUT2D eigenvalue weighted by Gasteiger charge is -2.16. The van der Waals surface area contributed by atoms with Crippen molar-refractivity contribution in [2.24, 2.45) is 0 Å². The molecule has 0 atom stereocenters. The van der Waals surface area contributed by atoms with E-state index in [-0.39, 0.29) is 0 Å². The molecule has 0 saturated heterocycles. The van der Waals surface area contributed by atoms with Gasteiger partial charge in [-0.3, -0.25) is 4.57 Å². The van der Waals surface area contributed by atoms with E-state index in [0.29, 0.717) is 5.95 Å². The summed E-state index contributed by atoms with van der Waals surface area (Å²) in [6.45, 7) is 0. The van der Waals surface area contributed by atoms with Gasteiger partial charge in [-0.15, -0.1) is 0 Å². The number of rotatable bonds is 7. The van der Waals surface area contributed by atoms with Crippen LogP contribution in [0.15, 0.2) is 311 Å². The predicted molar refractivity (Wildman–Crippen MR) is 386 cm³/mol. The molecule has 94 heavy (non-hydrogen) atoms. The SMILES string of the molecule is c1cc(-c2nc(-n3c4ccccc4c4ccc(-c5ccc6oc7ccccc7c6c5)cc43)nc3ccc(-n4c5ccccc5c5ccc(-c6ccc7oc8ccccc8c7c6)cc54)cc23)cc(-n2c3ccccc3c3ccc(-c4ccc5oc6ccccc6c5c4)cc32)c1. The van der Waals surface area contributed by atoms with Crippen LogP contribution >= 0.6 is 0 Å². The summed E-state index contributed by atoms with van der Waals surface area (Å²) in [6, 6.07) is 107. The van der Waals surface area contributed by atoms with Gasteiger partial charge in [-0.2, -0.15) is 0 Å². The molecular weight excluding hydrogens is 1150 g/mol. The maximum atomic E-state index is 6.30. The van der Waals surface area contributed by atoms with Gasteiger partial charge in [0, 0.05) is 87.0 Å². The zero-order chi connectivity index (χ0) is 61.3. The lowest BCUT2D eigenvalue weighted by atomic mass is 10.0. The van der Waals surface area contributed by atoms with E-state index >= 15 is 0 Å². The normalized spacial score (nSPS) is 12.3. The Balaban J connectivity index is 0.784. The van der Waals surface area contributed by atoms with Gasteiger partial charge in [-0.1, -0.05) is 176 Å². The fourth-order valence-corrected chi connectivity index (χ4v) is 15.3. The molecule has 8 nitrogen and oxygen atoms in total. The molecular formula is C86H49N5O3. The summed E-state index contributed by atoms with van der Waals surface area (Å²) < 4.78 is 26.0. The Morgan fingerprint density at radius 2 is 0.564 bits per heavy atom. The van der Waals surface area contributed by atoms with Gasteiger partial charge < -0.3 is 22.4 Å². The molecule has 0 bridgehead atoms. The molecule has 8 heteroatoms. The summed E-state index contributed by atoms with van der Waals surface area (Å²) in [4.78, 5) is 11.5. The molecule has 0 amide bonds. The van der Waals surface area contributed by atoms with Crippen molar-refractivity contribution in [2.75, 3.05) is 0 Å². The van der Waals surface area contributed by atoms with Gasteiger partial charge in [0.25, 0.3) is 0 Å². The topological polar surface area (TPSA) is 80.0 Å². The second-order valence-corrected chi connectivity index (χ2v) is 24.8. The average molecular weight is 1200 g/mol. The number of benzene rings is 14. The summed E-state index contributed by atoms with van der Waals surface area (Å²) in [5.74, 6) is 0.577. The highest BCUT2D eigenvalue weighted by atomic mass is 16.3. The smallest absolute Gasteiger partial charge is 0.235 e. The first-order valence-electron chi connectivity index (χ1n) is 31.8. The monoisotopic (exact) mass is 1200 g/mol. The number of para-hydroxylation sites is 6. The maximum absolute atomic E-state index is 6.30. The average Bonchev–Trinajstić information content (AvgIpc) is 1.54. The first-order chi connectivity index (χ1) is 46.5. The molecule has 0 fully saturated rings. The van der Waals surface area contributed by atoms with E-state index in [1.807, 2.05) is 36.4 Å². The van der Waals surface area contributed by atoms with Crippen LogP contribution in [0.1, 0.15) is 0 Å². The van der Waals surface area contributed by atoms with Crippen molar-refractivity contribution in [3.63, 3.8) is 0 Å².